The molecule has 12 heteroatoms. The summed E-state index contributed by atoms with van der Waals surface area (Å²) >= 11 is 1.99. The Morgan fingerprint density at radius 2 is 1.72 bits per heavy atom. The fourth-order valence-corrected chi connectivity index (χ4v) is 4.06. The molecular formula is C24H35N3O8S. The third-order valence-electron chi connectivity index (χ3n) is 5.21. The molecule has 2 rings (SSSR count). The molecular weight excluding hydrogens is 490 g/mol. The molecule has 0 radical (unpaired) electrons. The predicted molar refractivity (Wildman–Crippen MR) is 139 cm³/mol. The molecule has 0 aliphatic heterocycles. The largest absolute Gasteiger partial charge is 0.497 e. The summed E-state index contributed by atoms with van der Waals surface area (Å²) in [6.45, 7) is 8.81. The molecule has 36 heavy (non-hydrogen) atoms. The van der Waals surface area contributed by atoms with Crippen molar-refractivity contribution in [2.75, 3.05) is 50.1 Å². The van der Waals surface area contributed by atoms with Gasteiger partial charge in [0.1, 0.15) is 5.75 Å². The Kier molecular flexibility index (Phi) is 13.6. The van der Waals surface area contributed by atoms with Crippen LogP contribution in [0.4, 0.5) is 5.69 Å². The van der Waals surface area contributed by atoms with E-state index in [1.165, 1.54) is 12.3 Å². The minimum Gasteiger partial charge on any atom is -0.497 e. The Balaban J connectivity index is 0.000000426. The molecule has 0 fully saturated rings. The Bertz CT molecular complexity index is 984. The van der Waals surface area contributed by atoms with Gasteiger partial charge < -0.3 is 35.4 Å². The van der Waals surface area contributed by atoms with E-state index >= 15 is 0 Å². The minimum absolute atomic E-state index is 0.863. The average molecular weight is 526 g/mol. The molecule has 0 saturated carbocycles. The molecule has 1 aromatic carbocycles. The van der Waals surface area contributed by atoms with Crippen molar-refractivity contribution in [1.82, 2.24) is 9.88 Å². The van der Waals surface area contributed by atoms with E-state index in [1.54, 1.807) is 7.11 Å². The Morgan fingerprint density at radius 1 is 1.08 bits per heavy atom. The van der Waals surface area contributed by atoms with Crippen molar-refractivity contribution in [1.29, 1.82) is 0 Å². The van der Waals surface area contributed by atoms with Crippen molar-refractivity contribution in [3.8, 4) is 5.75 Å². The number of methoxy groups -OCH3 is 1. The van der Waals surface area contributed by atoms with Gasteiger partial charge in [0.15, 0.2) is 5.60 Å². The number of aliphatic hydroxyl groups is 1. The van der Waals surface area contributed by atoms with Crippen LogP contribution < -0.4 is 10.1 Å². The van der Waals surface area contributed by atoms with E-state index in [1.807, 2.05) is 36.2 Å². The van der Waals surface area contributed by atoms with E-state index in [-0.39, 0.29) is 0 Å². The van der Waals surface area contributed by atoms with Crippen molar-refractivity contribution in [3.63, 3.8) is 0 Å². The number of benzene rings is 1. The number of hydrogen-bond donors (Lipinski definition) is 5. The van der Waals surface area contributed by atoms with Crippen LogP contribution >= 0.6 is 11.8 Å². The number of hydrogen-bond acceptors (Lipinski definition) is 9. The van der Waals surface area contributed by atoms with Crippen LogP contribution in [0.5, 0.6) is 5.75 Å². The van der Waals surface area contributed by atoms with E-state index in [0.29, 0.717) is 0 Å². The van der Waals surface area contributed by atoms with Gasteiger partial charge in [0, 0.05) is 42.2 Å². The number of pyridine rings is 1. The van der Waals surface area contributed by atoms with Crippen LogP contribution in [-0.4, -0.2) is 98.6 Å². The van der Waals surface area contributed by atoms with Crippen LogP contribution in [0.25, 0.3) is 10.9 Å². The SMILES string of the molecule is CCN(CC)CCSCCNc1cc(OC)cc2cccnc12.O=C(O)CC(O)(CC(=O)O)C(=O)O. The monoisotopic (exact) mass is 525 g/mol. The Hall–Kier alpha value is -3.09. The van der Waals surface area contributed by atoms with Gasteiger partial charge in [-0.2, -0.15) is 11.8 Å². The van der Waals surface area contributed by atoms with Gasteiger partial charge in [-0.1, -0.05) is 19.9 Å². The van der Waals surface area contributed by atoms with E-state index < -0.39 is 36.4 Å². The van der Waals surface area contributed by atoms with Crippen LogP contribution in [0.3, 0.4) is 0 Å². The number of ether oxygens (including phenoxy) is 1. The number of rotatable bonds is 15. The molecule has 2 aromatic rings. The summed E-state index contributed by atoms with van der Waals surface area (Å²) in [6.07, 6.45) is -0.456. The maximum Gasteiger partial charge on any atom is 0.336 e. The first-order valence-corrected chi connectivity index (χ1v) is 12.6. The molecule has 5 N–H and O–H groups in total. The number of aliphatic carboxylic acids is 3. The molecule has 0 atom stereocenters. The third-order valence-corrected chi connectivity index (χ3v) is 6.17. The maximum absolute atomic E-state index is 10.3. The van der Waals surface area contributed by atoms with Crippen molar-refractivity contribution in [2.45, 2.75) is 32.3 Å². The zero-order valence-corrected chi connectivity index (χ0v) is 21.6. The summed E-state index contributed by atoms with van der Waals surface area (Å²) in [5.74, 6) is -1.88. The number of nitrogens with one attached hydrogen (secondary N) is 1. The number of aromatic nitrogens is 1. The van der Waals surface area contributed by atoms with Gasteiger partial charge in [0.2, 0.25) is 0 Å². The summed E-state index contributed by atoms with van der Waals surface area (Å²) in [5, 5.41) is 38.4. The van der Waals surface area contributed by atoms with E-state index in [0.717, 1.165) is 47.7 Å². The second-order valence-electron chi connectivity index (χ2n) is 7.79. The molecule has 0 unspecified atom stereocenters. The van der Waals surface area contributed by atoms with Crippen LogP contribution in [0.15, 0.2) is 30.5 Å². The van der Waals surface area contributed by atoms with E-state index in [4.69, 9.17) is 25.2 Å². The normalized spacial score (nSPS) is 11.0. The highest BCUT2D eigenvalue weighted by atomic mass is 32.2. The zero-order chi connectivity index (χ0) is 27.1. The first kappa shape index (κ1) is 30.9. The summed E-state index contributed by atoms with van der Waals surface area (Å²) in [7, 11) is 1.70. The van der Waals surface area contributed by atoms with E-state index in [9.17, 15) is 14.4 Å². The minimum atomic E-state index is -2.74. The van der Waals surface area contributed by atoms with Crippen molar-refractivity contribution >= 4 is 46.3 Å². The molecule has 1 aromatic heterocycles. The van der Waals surface area contributed by atoms with Gasteiger partial charge in [0.05, 0.1) is 31.2 Å². The highest BCUT2D eigenvalue weighted by molar-refractivity contribution is 7.99. The number of carbonyl (C=O) groups is 3. The second-order valence-corrected chi connectivity index (χ2v) is 9.02. The molecule has 0 amide bonds. The lowest BCUT2D eigenvalue weighted by molar-refractivity contribution is -0.170. The van der Waals surface area contributed by atoms with Crippen molar-refractivity contribution in [3.05, 3.63) is 30.5 Å². The average Bonchev–Trinajstić information content (AvgIpc) is 2.82. The number of carboxylic acid groups (broad SMARTS) is 3. The van der Waals surface area contributed by atoms with Gasteiger partial charge in [-0.15, -0.1) is 0 Å². The van der Waals surface area contributed by atoms with E-state index in [2.05, 4.69) is 35.1 Å². The van der Waals surface area contributed by atoms with Crippen LogP contribution in [-0.2, 0) is 14.4 Å². The molecule has 0 aliphatic rings. The lowest BCUT2D eigenvalue weighted by Gasteiger charge is -2.18. The molecule has 200 valence electrons. The molecule has 0 spiro atoms. The Labute approximate surface area is 214 Å². The number of thioether (sulfide) groups is 1. The number of fused-ring (bicyclic) bond motifs is 1. The number of carboxylic acids is 3. The van der Waals surface area contributed by atoms with Gasteiger partial charge in [0.25, 0.3) is 0 Å². The summed E-state index contributed by atoms with van der Waals surface area (Å²) in [5.41, 5.74) is -0.691. The first-order valence-electron chi connectivity index (χ1n) is 11.4. The predicted octanol–water partition coefficient (Wildman–Crippen LogP) is 2.48. The summed E-state index contributed by atoms with van der Waals surface area (Å²) in [6, 6.07) is 8.06. The van der Waals surface area contributed by atoms with Gasteiger partial charge in [-0.25, -0.2) is 4.79 Å². The fraction of sp³-hybridized carbons (Fsp3) is 0.500. The topological polar surface area (TPSA) is 170 Å². The van der Waals surface area contributed by atoms with Crippen molar-refractivity contribution in [2.24, 2.45) is 0 Å². The standard InChI is InChI=1S/C18H27N3OS.C6H8O7/c1-4-21(5-2)10-12-23-11-9-19-17-14-16(22-3)13-15-7-6-8-20-18(15)17;7-3(8)1-6(13,5(11)12)2-4(9)10/h6-8,13-14,19H,4-5,9-12H2,1-3H3;13H,1-2H2,(H,7,8)(H,9,10)(H,11,12). The fourth-order valence-electron chi connectivity index (χ4n) is 3.22. The molecule has 11 nitrogen and oxygen atoms in total. The third kappa shape index (κ3) is 10.7. The van der Waals surface area contributed by atoms with Crippen LogP contribution in [0.1, 0.15) is 26.7 Å². The lowest BCUT2D eigenvalue weighted by Crippen LogP contribution is -2.42. The number of anilines is 1. The molecule has 1 heterocycles. The zero-order valence-electron chi connectivity index (χ0n) is 20.8. The second kappa shape index (κ2) is 15.8. The van der Waals surface area contributed by atoms with Gasteiger partial charge >= 0.3 is 17.9 Å². The molecule has 0 saturated heterocycles. The van der Waals surface area contributed by atoms with Gasteiger partial charge in [-0.3, -0.25) is 14.6 Å². The quantitative estimate of drug-likeness (QED) is 0.216. The van der Waals surface area contributed by atoms with Crippen molar-refractivity contribution < 1.29 is 39.5 Å². The van der Waals surface area contributed by atoms with Gasteiger partial charge in [-0.05, 0) is 25.2 Å². The molecule has 0 bridgehead atoms. The smallest absolute Gasteiger partial charge is 0.336 e. The lowest BCUT2D eigenvalue weighted by atomic mass is 9.96. The Morgan fingerprint density at radius 3 is 2.25 bits per heavy atom. The maximum atomic E-state index is 10.3. The first-order chi connectivity index (χ1) is 17.1. The molecule has 0 aliphatic carbocycles. The highest BCUT2D eigenvalue weighted by Gasteiger charge is 2.40. The summed E-state index contributed by atoms with van der Waals surface area (Å²) in [4.78, 5) is 37.4. The van der Waals surface area contributed by atoms with Crippen LogP contribution in [0, 0.1) is 0 Å². The van der Waals surface area contributed by atoms with Crippen LogP contribution in [0.2, 0.25) is 0 Å². The number of nitrogens with zero attached hydrogens (tertiary/aromatic N) is 2. The summed E-state index contributed by atoms with van der Waals surface area (Å²) < 4.78 is 5.38. The highest BCUT2D eigenvalue weighted by Crippen LogP contribution is 2.27.